The molecule has 2 nitrogen and oxygen atoms in total. The molecule has 1 saturated carbocycles. The predicted octanol–water partition coefficient (Wildman–Crippen LogP) is 5.27. The summed E-state index contributed by atoms with van der Waals surface area (Å²) in [6.07, 6.45) is 7.63. The van der Waals surface area contributed by atoms with Crippen molar-refractivity contribution in [2.75, 3.05) is 6.61 Å². The summed E-state index contributed by atoms with van der Waals surface area (Å²) >= 11 is 9.48. The molecule has 3 rings (SSSR count). The van der Waals surface area contributed by atoms with Crippen LogP contribution >= 0.6 is 27.5 Å². The van der Waals surface area contributed by atoms with Crippen molar-refractivity contribution >= 4 is 27.5 Å². The Balaban J connectivity index is 1.74. The van der Waals surface area contributed by atoms with Crippen molar-refractivity contribution in [1.29, 1.82) is 0 Å². The summed E-state index contributed by atoms with van der Waals surface area (Å²) in [4.78, 5) is 0. The fourth-order valence-corrected chi connectivity index (χ4v) is 4.36. The van der Waals surface area contributed by atoms with Gasteiger partial charge in [0.15, 0.2) is 0 Å². The summed E-state index contributed by atoms with van der Waals surface area (Å²) in [6.45, 7) is 0.774. The molecule has 2 atom stereocenters. The van der Waals surface area contributed by atoms with Gasteiger partial charge in [-0.1, -0.05) is 36.9 Å². The summed E-state index contributed by atoms with van der Waals surface area (Å²) in [6, 6.07) is 5.72. The van der Waals surface area contributed by atoms with Crippen molar-refractivity contribution in [1.82, 2.24) is 0 Å². The van der Waals surface area contributed by atoms with Gasteiger partial charge in [0.2, 0.25) is 0 Å². The Hall–Kier alpha value is -0.0900. The Morgan fingerprint density at radius 2 is 2.05 bits per heavy atom. The molecule has 1 spiro atoms. The third kappa shape index (κ3) is 3.47. The topological polar surface area (TPSA) is 29.5 Å². The zero-order chi connectivity index (χ0) is 14.9. The molecule has 2 unspecified atom stereocenters. The van der Waals surface area contributed by atoms with Crippen LogP contribution in [-0.4, -0.2) is 17.3 Å². The van der Waals surface area contributed by atoms with E-state index in [4.69, 9.17) is 16.3 Å². The molecule has 21 heavy (non-hydrogen) atoms. The van der Waals surface area contributed by atoms with Crippen molar-refractivity contribution in [3.05, 3.63) is 33.3 Å². The maximum absolute atomic E-state index is 10.8. The minimum absolute atomic E-state index is 0.0335. The molecule has 0 aromatic heterocycles. The van der Waals surface area contributed by atoms with E-state index in [0.29, 0.717) is 5.02 Å². The summed E-state index contributed by atoms with van der Waals surface area (Å²) in [7, 11) is 0. The van der Waals surface area contributed by atoms with Crippen LogP contribution in [0.1, 0.15) is 56.6 Å². The highest BCUT2D eigenvalue weighted by Crippen LogP contribution is 2.44. The first-order valence-electron chi connectivity index (χ1n) is 7.87. The molecule has 4 heteroatoms. The molecule has 1 aliphatic heterocycles. The van der Waals surface area contributed by atoms with Crippen molar-refractivity contribution in [3.8, 4) is 0 Å². The lowest BCUT2D eigenvalue weighted by Gasteiger charge is -2.44. The van der Waals surface area contributed by atoms with Gasteiger partial charge < -0.3 is 9.84 Å². The Kier molecular flexibility index (Phi) is 4.94. The normalized spacial score (nSPS) is 26.7. The maximum atomic E-state index is 10.8. The van der Waals surface area contributed by atoms with Crippen molar-refractivity contribution in [3.63, 3.8) is 0 Å². The van der Waals surface area contributed by atoms with Crippen LogP contribution in [0.4, 0.5) is 0 Å². The SMILES string of the molecule is OC(c1ccc(Cl)c(Br)c1)C1CCOC2(CCCCC2)C1. The van der Waals surface area contributed by atoms with Crippen LogP contribution in [-0.2, 0) is 4.74 Å². The second kappa shape index (κ2) is 6.57. The molecular weight excluding hydrogens is 352 g/mol. The Labute approximate surface area is 140 Å². The first kappa shape index (κ1) is 15.8. The average molecular weight is 374 g/mol. The summed E-state index contributed by atoms with van der Waals surface area (Å²) in [5, 5.41) is 11.4. The van der Waals surface area contributed by atoms with Gasteiger partial charge in [-0.3, -0.25) is 0 Å². The number of halogens is 2. The third-order valence-corrected chi connectivity index (χ3v) is 6.24. The van der Waals surface area contributed by atoms with Crippen molar-refractivity contribution in [2.24, 2.45) is 5.92 Å². The van der Waals surface area contributed by atoms with Gasteiger partial charge in [-0.05, 0) is 65.2 Å². The quantitative estimate of drug-likeness (QED) is 0.765. The number of ether oxygens (including phenoxy) is 1. The largest absolute Gasteiger partial charge is 0.388 e. The molecule has 1 heterocycles. The zero-order valence-corrected chi connectivity index (χ0v) is 14.5. The second-order valence-corrected chi connectivity index (χ2v) is 7.72. The molecule has 2 aliphatic rings. The molecule has 1 saturated heterocycles. The molecule has 0 amide bonds. The van der Waals surface area contributed by atoms with E-state index >= 15 is 0 Å². The second-order valence-electron chi connectivity index (χ2n) is 6.46. The first-order valence-corrected chi connectivity index (χ1v) is 9.04. The summed E-state index contributed by atoms with van der Waals surface area (Å²) in [5.41, 5.74) is 0.982. The lowest BCUT2D eigenvalue weighted by Crippen LogP contribution is -2.42. The van der Waals surface area contributed by atoms with Gasteiger partial charge >= 0.3 is 0 Å². The first-order chi connectivity index (χ1) is 10.1. The molecule has 0 radical (unpaired) electrons. The smallest absolute Gasteiger partial charge is 0.0820 e. The van der Waals surface area contributed by atoms with Crippen LogP contribution in [0, 0.1) is 5.92 Å². The Bertz CT molecular complexity index is 494. The van der Waals surface area contributed by atoms with Crippen LogP contribution in [0.25, 0.3) is 0 Å². The van der Waals surface area contributed by atoms with E-state index in [1.165, 1.54) is 19.3 Å². The van der Waals surface area contributed by atoms with Crippen molar-refractivity contribution in [2.45, 2.75) is 56.7 Å². The minimum atomic E-state index is -0.429. The van der Waals surface area contributed by atoms with Gasteiger partial charge in [0.05, 0.1) is 16.7 Å². The molecular formula is C17H22BrClO2. The van der Waals surface area contributed by atoms with Crippen molar-refractivity contribution < 1.29 is 9.84 Å². The predicted molar refractivity (Wildman–Crippen MR) is 88.6 cm³/mol. The fourth-order valence-electron chi connectivity index (χ4n) is 3.85. The van der Waals surface area contributed by atoms with E-state index in [9.17, 15) is 5.11 Å². The lowest BCUT2D eigenvalue weighted by molar-refractivity contribution is -0.134. The van der Waals surface area contributed by atoms with E-state index < -0.39 is 6.10 Å². The van der Waals surface area contributed by atoms with Gasteiger partial charge in [0, 0.05) is 11.1 Å². The fraction of sp³-hybridized carbons (Fsp3) is 0.647. The van der Waals surface area contributed by atoms with Gasteiger partial charge in [-0.2, -0.15) is 0 Å². The summed E-state index contributed by atoms with van der Waals surface area (Å²) in [5.74, 6) is 0.282. The maximum Gasteiger partial charge on any atom is 0.0820 e. The van der Waals surface area contributed by atoms with Crippen LogP contribution in [0.5, 0.6) is 0 Å². The highest BCUT2D eigenvalue weighted by molar-refractivity contribution is 9.10. The number of hydrogen-bond acceptors (Lipinski definition) is 2. The van der Waals surface area contributed by atoms with E-state index in [2.05, 4.69) is 15.9 Å². The number of hydrogen-bond donors (Lipinski definition) is 1. The van der Waals surface area contributed by atoms with Gasteiger partial charge in [-0.15, -0.1) is 0 Å². The van der Waals surface area contributed by atoms with E-state index in [1.807, 2.05) is 18.2 Å². The molecule has 1 aliphatic carbocycles. The number of aliphatic hydroxyl groups excluding tert-OH is 1. The number of aliphatic hydroxyl groups is 1. The van der Waals surface area contributed by atoms with Crippen LogP contribution in [0.2, 0.25) is 5.02 Å². The molecule has 116 valence electrons. The zero-order valence-electron chi connectivity index (χ0n) is 12.2. The molecule has 1 aromatic rings. The van der Waals surface area contributed by atoms with Crippen LogP contribution < -0.4 is 0 Å². The molecule has 1 aromatic carbocycles. The van der Waals surface area contributed by atoms with Crippen LogP contribution in [0.3, 0.4) is 0 Å². The Morgan fingerprint density at radius 3 is 2.76 bits per heavy atom. The van der Waals surface area contributed by atoms with Gasteiger partial charge in [0.25, 0.3) is 0 Å². The van der Waals surface area contributed by atoms with E-state index in [-0.39, 0.29) is 11.5 Å². The molecule has 2 fully saturated rings. The highest BCUT2D eigenvalue weighted by atomic mass is 79.9. The van der Waals surface area contributed by atoms with E-state index in [1.54, 1.807) is 0 Å². The number of rotatable bonds is 2. The molecule has 1 N–H and O–H groups in total. The standard InChI is InChI=1S/C17H22BrClO2/c18-14-10-12(4-5-15(14)19)16(20)13-6-9-21-17(11-13)7-2-1-3-8-17/h4-5,10,13,16,20H,1-3,6-9,11H2. The van der Waals surface area contributed by atoms with Crippen LogP contribution in [0.15, 0.2) is 22.7 Å². The number of benzene rings is 1. The van der Waals surface area contributed by atoms with Gasteiger partial charge in [0.1, 0.15) is 0 Å². The molecule has 0 bridgehead atoms. The van der Waals surface area contributed by atoms with E-state index in [0.717, 1.165) is 42.3 Å². The lowest BCUT2D eigenvalue weighted by atomic mass is 9.74. The summed E-state index contributed by atoms with van der Waals surface area (Å²) < 4.78 is 6.97. The Morgan fingerprint density at radius 1 is 1.29 bits per heavy atom. The third-order valence-electron chi connectivity index (χ3n) is 5.03. The average Bonchev–Trinajstić information content (AvgIpc) is 2.50. The minimum Gasteiger partial charge on any atom is -0.388 e. The monoisotopic (exact) mass is 372 g/mol. The highest BCUT2D eigenvalue weighted by Gasteiger charge is 2.40. The van der Waals surface area contributed by atoms with Gasteiger partial charge in [-0.25, -0.2) is 0 Å².